The number of benzene rings is 2. The van der Waals surface area contributed by atoms with Gasteiger partial charge in [0.15, 0.2) is 23.0 Å². The zero-order valence-electron chi connectivity index (χ0n) is 20.4. The lowest BCUT2D eigenvalue weighted by Gasteiger charge is -2.30. The van der Waals surface area contributed by atoms with Gasteiger partial charge in [-0.15, -0.1) is 0 Å². The Kier molecular flexibility index (Phi) is 6.47. The molecule has 0 saturated carbocycles. The molecule has 1 aliphatic rings. The Morgan fingerprint density at radius 2 is 1.92 bits per heavy atom. The lowest BCUT2D eigenvalue weighted by atomic mass is 9.96. The number of carboxylic acid groups (broad SMARTS) is 1. The fourth-order valence-electron chi connectivity index (χ4n) is 4.66. The summed E-state index contributed by atoms with van der Waals surface area (Å²) in [5, 5.41) is 12.5. The van der Waals surface area contributed by atoms with Crippen LogP contribution in [0.3, 0.4) is 0 Å². The molecule has 190 valence electrons. The highest BCUT2D eigenvalue weighted by Crippen LogP contribution is 2.29. The maximum atomic E-state index is 14.3. The second kappa shape index (κ2) is 9.88. The van der Waals surface area contributed by atoms with E-state index in [0.717, 1.165) is 11.3 Å². The number of imidazole rings is 1. The maximum Gasteiger partial charge on any atom is 0.306 e. The number of carbonyl (C=O) groups excluding carboxylic acids is 1. The first-order valence-electron chi connectivity index (χ1n) is 11.9. The van der Waals surface area contributed by atoms with E-state index in [1.54, 1.807) is 47.8 Å². The number of aromatic nitrogens is 3. The molecule has 2 aromatic heterocycles. The van der Waals surface area contributed by atoms with Crippen LogP contribution in [0.5, 0.6) is 5.75 Å². The number of carbonyl (C=O) groups is 2. The molecule has 2 N–H and O–H groups in total. The Morgan fingerprint density at radius 1 is 1.14 bits per heavy atom. The largest absolute Gasteiger partial charge is 0.494 e. The van der Waals surface area contributed by atoms with Crippen LogP contribution in [-0.4, -0.2) is 56.5 Å². The number of hydrogen-bond donors (Lipinski definition) is 2. The highest BCUT2D eigenvalue weighted by molar-refractivity contribution is 5.96. The van der Waals surface area contributed by atoms with Gasteiger partial charge in [-0.2, -0.15) is 0 Å². The number of carboxylic acids is 1. The fourth-order valence-corrected chi connectivity index (χ4v) is 4.66. The topological polar surface area (TPSA) is 109 Å². The summed E-state index contributed by atoms with van der Waals surface area (Å²) in [4.78, 5) is 34.9. The molecule has 2 aromatic carbocycles. The summed E-state index contributed by atoms with van der Waals surface area (Å²) in [5.74, 6) is -1.07. The quantitative estimate of drug-likeness (QED) is 0.398. The van der Waals surface area contributed by atoms with Crippen LogP contribution in [0.25, 0.3) is 16.9 Å². The van der Waals surface area contributed by atoms with Crippen LogP contribution >= 0.6 is 0 Å². The number of aryl methyl sites for hydroxylation is 1. The van der Waals surface area contributed by atoms with Gasteiger partial charge in [-0.05, 0) is 61.7 Å². The Bertz CT molecular complexity index is 1490. The Balaban J connectivity index is 1.36. The first-order valence-corrected chi connectivity index (χ1v) is 11.9. The number of piperidine rings is 1. The van der Waals surface area contributed by atoms with E-state index in [9.17, 15) is 19.1 Å². The van der Waals surface area contributed by atoms with E-state index in [1.165, 1.54) is 13.2 Å². The maximum absolute atomic E-state index is 14.3. The lowest BCUT2D eigenvalue weighted by Crippen LogP contribution is -2.40. The minimum absolute atomic E-state index is 0.0993. The van der Waals surface area contributed by atoms with E-state index >= 15 is 0 Å². The van der Waals surface area contributed by atoms with Crippen LogP contribution in [0, 0.1) is 18.7 Å². The summed E-state index contributed by atoms with van der Waals surface area (Å²) in [5.41, 5.74) is 4.02. The summed E-state index contributed by atoms with van der Waals surface area (Å²) in [6.07, 6.45) is 5.97. The monoisotopic (exact) mass is 503 g/mol. The molecule has 0 unspecified atom stereocenters. The van der Waals surface area contributed by atoms with Crippen LogP contribution in [0.2, 0.25) is 0 Å². The second-order valence-electron chi connectivity index (χ2n) is 9.02. The van der Waals surface area contributed by atoms with Gasteiger partial charge in [0.05, 0.1) is 24.9 Å². The lowest BCUT2D eigenvalue weighted by molar-refractivity contribution is -0.143. The second-order valence-corrected chi connectivity index (χ2v) is 9.02. The van der Waals surface area contributed by atoms with E-state index < -0.39 is 11.8 Å². The van der Waals surface area contributed by atoms with Crippen LogP contribution in [-0.2, 0) is 4.79 Å². The van der Waals surface area contributed by atoms with Crippen LogP contribution in [0.1, 0.15) is 28.8 Å². The minimum atomic E-state index is -0.803. The Morgan fingerprint density at radius 3 is 2.59 bits per heavy atom. The Hall–Kier alpha value is -4.47. The van der Waals surface area contributed by atoms with Crippen molar-refractivity contribution >= 4 is 29.0 Å². The molecular weight excluding hydrogens is 477 g/mol. The molecule has 0 radical (unpaired) electrons. The number of anilines is 2. The molecule has 0 spiro atoms. The highest BCUT2D eigenvalue weighted by atomic mass is 19.1. The number of nitrogens with zero attached hydrogens (tertiary/aromatic N) is 4. The summed E-state index contributed by atoms with van der Waals surface area (Å²) in [6.45, 7) is 2.73. The van der Waals surface area contributed by atoms with Crippen molar-refractivity contribution in [3.05, 3.63) is 71.9 Å². The van der Waals surface area contributed by atoms with Gasteiger partial charge in [-0.1, -0.05) is 0 Å². The Labute approximate surface area is 212 Å². The first kappa shape index (κ1) is 24.2. The van der Waals surface area contributed by atoms with Crippen molar-refractivity contribution in [2.75, 3.05) is 25.5 Å². The third kappa shape index (κ3) is 4.69. The van der Waals surface area contributed by atoms with Gasteiger partial charge in [0, 0.05) is 42.3 Å². The molecule has 0 bridgehead atoms. The summed E-state index contributed by atoms with van der Waals surface area (Å²) >= 11 is 0. The van der Waals surface area contributed by atoms with Gasteiger partial charge < -0.3 is 20.1 Å². The van der Waals surface area contributed by atoms with Gasteiger partial charge in [-0.3, -0.25) is 14.0 Å². The van der Waals surface area contributed by atoms with Crippen LogP contribution < -0.4 is 10.1 Å². The average Bonchev–Trinajstić information content (AvgIpc) is 3.34. The summed E-state index contributed by atoms with van der Waals surface area (Å²) < 4.78 is 21.1. The molecule has 4 aromatic rings. The van der Waals surface area contributed by atoms with Crippen molar-refractivity contribution < 1.29 is 23.8 Å². The number of nitrogens with one attached hydrogen (secondary N) is 1. The number of ether oxygens (including phenoxy) is 1. The molecule has 1 fully saturated rings. The van der Waals surface area contributed by atoms with Crippen molar-refractivity contribution in [2.24, 2.45) is 5.92 Å². The fraction of sp³-hybridized carbons (Fsp3) is 0.259. The number of halogens is 1. The number of rotatable bonds is 6. The van der Waals surface area contributed by atoms with E-state index in [0.29, 0.717) is 54.2 Å². The van der Waals surface area contributed by atoms with Crippen LogP contribution in [0.15, 0.2) is 55.0 Å². The molecule has 0 aliphatic carbocycles. The van der Waals surface area contributed by atoms with Gasteiger partial charge in [0.1, 0.15) is 0 Å². The van der Waals surface area contributed by atoms with E-state index in [2.05, 4.69) is 15.3 Å². The summed E-state index contributed by atoms with van der Waals surface area (Å²) in [7, 11) is 1.42. The zero-order chi connectivity index (χ0) is 26.1. The molecule has 1 saturated heterocycles. The standard InChI is InChI=1S/C27H26FN5O4/c1-16-13-19(4-5-20(16)26(34)32-10-7-17(8-11-32)27(35)36)31-24-25-30-15-22(33(25)12-9-29-24)18-3-6-23(37-2)21(28)14-18/h3-6,9,12-15,17H,7-8,10-11H2,1-2H3,(H,29,31)(H,35,36). The van der Waals surface area contributed by atoms with Crippen LogP contribution in [0.4, 0.5) is 15.9 Å². The molecule has 5 rings (SSSR count). The molecule has 3 heterocycles. The smallest absolute Gasteiger partial charge is 0.306 e. The molecule has 10 heteroatoms. The molecule has 1 amide bonds. The van der Waals surface area contributed by atoms with Crippen molar-refractivity contribution in [1.82, 2.24) is 19.3 Å². The van der Waals surface area contributed by atoms with E-state index in [-0.39, 0.29) is 17.6 Å². The van der Waals surface area contributed by atoms with Crippen molar-refractivity contribution in [3.63, 3.8) is 0 Å². The van der Waals surface area contributed by atoms with Crippen molar-refractivity contribution in [2.45, 2.75) is 19.8 Å². The number of amides is 1. The average molecular weight is 504 g/mol. The van der Waals surface area contributed by atoms with Gasteiger partial charge in [0.25, 0.3) is 5.91 Å². The molecule has 37 heavy (non-hydrogen) atoms. The van der Waals surface area contributed by atoms with Gasteiger partial charge in [-0.25, -0.2) is 14.4 Å². The molecular formula is C27H26FN5O4. The van der Waals surface area contributed by atoms with Gasteiger partial charge >= 0.3 is 5.97 Å². The first-order chi connectivity index (χ1) is 17.9. The zero-order valence-corrected chi connectivity index (χ0v) is 20.4. The minimum Gasteiger partial charge on any atom is -0.494 e. The predicted molar refractivity (Wildman–Crippen MR) is 136 cm³/mol. The van der Waals surface area contributed by atoms with E-state index in [1.807, 2.05) is 17.4 Å². The van der Waals surface area contributed by atoms with Crippen molar-refractivity contribution in [1.29, 1.82) is 0 Å². The number of fused-ring (bicyclic) bond motifs is 1. The third-order valence-electron chi connectivity index (χ3n) is 6.73. The SMILES string of the molecule is COc1ccc(-c2cnc3c(Nc4ccc(C(=O)N5CCC(C(=O)O)CC5)c(C)c4)nccn23)cc1F. The van der Waals surface area contributed by atoms with Crippen molar-refractivity contribution in [3.8, 4) is 17.0 Å². The predicted octanol–water partition coefficient (Wildman–Crippen LogP) is 4.53. The molecule has 0 atom stereocenters. The normalized spacial score (nSPS) is 14.1. The van der Waals surface area contributed by atoms with Gasteiger partial charge in [0.2, 0.25) is 0 Å². The number of methoxy groups -OCH3 is 1. The number of likely N-dealkylation sites (tertiary alicyclic amines) is 1. The summed E-state index contributed by atoms with van der Waals surface area (Å²) in [6, 6.07) is 10.2. The highest BCUT2D eigenvalue weighted by Gasteiger charge is 2.28. The number of hydrogen-bond acceptors (Lipinski definition) is 6. The number of aliphatic carboxylic acids is 1. The van der Waals surface area contributed by atoms with E-state index in [4.69, 9.17) is 4.74 Å². The molecule has 1 aliphatic heterocycles. The third-order valence-corrected chi connectivity index (χ3v) is 6.73. The molecule has 9 nitrogen and oxygen atoms in total.